The molecule has 80 valence electrons. The van der Waals surface area contributed by atoms with Crippen molar-refractivity contribution in [1.29, 1.82) is 0 Å². The number of carbonyl (C=O) groups excluding carboxylic acids is 2. The molecule has 1 heterocycles. The molecule has 2 atom stereocenters. The standard InChI is InChI=1S/C10H16O4/c1-3-4-8-7(2)13-9(11)5-6-10(12)14-8/h7-8H,3-6H2,1-2H3. The summed E-state index contributed by atoms with van der Waals surface area (Å²) < 4.78 is 10.3. The average molecular weight is 200 g/mol. The number of rotatable bonds is 2. The summed E-state index contributed by atoms with van der Waals surface area (Å²) in [5.41, 5.74) is 0. The van der Waals surface area contributed by atoms with Gasteiger partial charge in [0.25, 0.3) is 0 Å². The Bertz CT molecular complexity index is 224. The van der Waals surface area contributed by atoms with Crippen molar-refractivity contribution >= 4 is 11.9 Å². The number of ether oxygens (including phenoxy) is 2. The summed E-state index contributed by atoms with van der Waals surface area (Å²) in [5.74, 6) is -0.609. The van der Waals surface area contributed by atoms with E-state index in [2.05, 4.69) is 0 Å². The topological polar surface area (TPSA) is 52.6 Å². The van der Waals surface area contributed by atoms with Crippen LogP contribution in [-0.2, 0) is 19.1 Å². The van der Waals surface area contributed by atoms with Crippen molar-refractivity contribution < 1.29 is 19.1 Å². The zero-order chi connectivity index (χ0) is 10.6. The van der Waals surface area contributed by atoms with Crippen LogP contribution in [0.4, 0.5) is 0 Å². The van der Waals surface area contributed by atoms with Gasteiger partial charge >= 0.3 is 11.9 Å². The quantitative estimate of drug-likeness (QED) is 0.633. The first-order chi connectivity index (χ1) is 6.63. The van der Waals surface area contributed by atoms with Gasteiger partial charge in [-0.05, 0) is 13.3 Å². The fraction of sp³-hybridized carbons (Fsp3) is 0.800. The molecule has 1 aliphatic heterocycles. The van der Waals surface area contributed by atoms with Crippen LogP contribution in [0.5, 0.6) is 0 Å². The fourth-order valence-electron chi connectivity index (χ4n) is 1.45. The van der Waals surface area contributed by atoms with Crippen molar-refractivity contribution in [3.8, 4) is 0 Å². The monoisotopic (exact) mass is 200 g/mol. The molecular weight excluding hydrogens is 184 g/mol. The lowest BCUT2D eigenvalue weighted by molar-refractivity contribution is -0.173. The summed E-state index contributed by atoms with van der Waals surface area (Å²) in [6.45, 7) is 3.76. The van der Waals surface area contributed by atoms with E-state index < -0.39 is 0 Å². The first kappa shape index (κ1) is 11.0. The second kappa shape index (κ2) is 4.98. The van der Waals surface area contributed by atoms with E-state index in [4.69, 9.17) is 9.47 Å². The van der Waals surface area contributed by atoms with Crippen molar-refractivity contribution in [2.75, 3.05) is 0 Å². The smallest absolute Gasteiger partial charge is 0.306 e. The molecule has 4 nitrogen and oxygen atoms in total. The summed E-state index contributed by atoms with van der Waals surface area (Å²) in [6, 6.07) is 0. The average Bonchev–Trinajstić information content (AvgIpc) is 2.12. The summed E-state index contributed by atoms with van der Waals surface area (Å²) in [4.78, 5) is 22.3. The van der Waals surface area contributed by atoms with Gasteiger partial charge in [0, 0.05) is 0 Å². The molecule has 0 aromatic carbocycles. The molecule has 0 spiro atoms. The third kappa shape index (κ3) is 3.01. The molecule has 0 aromatic rings. The van der Waals surface area contributed by atoms with E-state index in [1.165, 1.54) is 0 Å². The van der Waals surface area contributed by atoms with Crippen molar-refractivity contribution in [3.05, 3.63) is 0 Å². The highest BCUT2D eigenvalue weighted by molar-refractivity contribution is 5.78. The number of hydrogen-bond acceptors (Lipinski definition) is 4. The minimum atomic E-state index is -0.327. The Kier molecular flexibility index (Phi) is 3.92. The number of esters is 2. The number of cyclic esters (lactones) is 2. The van der Waals surface area contributed by atoms with Gasteiger partial charge in [-0.2, -0.15) is 0 Å². The fourth-order valence-corrected chi connectivity index (χ4v) is 1.45. The molecule has 2 unspecified atom stereocenters. The molecule has 14 heavy (non-hydrogen) atoms. The van der Waals surface area contributed by atoms with E-state index in [0.29, 0.717) is 0 Å². The predicted octanol–water partition coefficient (Wildman–Crippen LogP) is 1.42. The molecule has 1 fully saturated rings. The molecule has 0 amide bonds. The van der Waals surface area contributed by atoms with Crippen LogP contribution >= 0.6 is 0 Å². The molecule has 0 N–H and O–H groups in total. The van der Waals surface area contributed by atoms with E-state index in [9.17, 15) is 9.59 Å². The van der Waals surface area contributed by atoms with E-state index in [0.717, 1.165) is 12.8 Å². The Balaban J connectivity index is 2.61. The number of carbonyl (C=O) groups is 2. The molecule has 0 bridgehead atoms. The third-order valence-corrected chi connectivity index (χ3v) is 2.23. The molecule has 1 rings (SSSR count). The minimum absolute atomic E-state index is 0.127. The van der Waals surface area contributed by atoms with Crippen molar-refractivity contribution in [3.63, 3.8) is 0 Å². The van der Waals surface area contributed by atoms with Gasteiger partial charge in [-0.15, -0.1) is 0 Å². The zero-order valence-corrected chi connectivity index (χ0v) is 8.62. The van der Waals surface area contributed by atoms with E-state index >= 15 is 0 Å². The van der Waals surface area contributed by atoms with Crippen LogP contribution in [0.25, 0.3) is 0 Å². The molecule has 4 heteroatoms. The maximum Gasteiger partial charge on any atom is 0.306 e. The summed E-state index contributed by atoms with van der Waals surface area (Å²) in [5, 5.41) is 0. The van der Waals surface area contributed by atoms with Gasteiger partial charge in [0.2, 0.25) is 0 Å². The van der Waals surface area contributed by atoms with Gasteiger partial charge in [-0.1, -0.05) is 13.3 Å². The van der Waals surface area contributed by atoms with Crippen molar-refractivity contribution in [1.82, 2.24) is 0 Å². The van der Waals surface area contributed by atoms with E-state index in [1.54, 1.807) is 6.92 Å². The number of hydrogen-bond donors (Lipinski definition) is 0. The summed E-state index contributed by atoms with van der Waals surface area (Å²) >= 11 is 0. The molecule has 0 saturated carbocycles. The van der Waals surface area contributed by atoms with Crippen LogP contribution in [0.2, 0.25) is 0 Å². The first-order valence-corrected chi connectivity index (χ1v) is 5.02. The van der Waals surface area contributed by atoms with Gasteiger partial charge in [-0.25, -0.2) is 0 Å². The molecule has 0 aromatic heterocycles. The lowest BCUT2D eigenvalue weighted by atomic mass is 10.1. The van der Waals surface area contributed by atoms with Crippen LogP contribution in [0.3, 0.4) is 0 Å². The molecule has 0 radical (unpaired) electrons. The maximum atomic E-state index is 11.2. The maximum absolute atomic E-state index is 11.2. The van der Waals surface area contributed by atoms with Crippen LogP contribution in [0.1, 0.15) is 39.5 Å². The summed E-state index contributed by atoms with van der Waals surface area (Å²) in [6.07, 6.45) is 1.29. The van der Waals surface area contributed by atoms with Crippen molar-refractivity contribution in [2.24, 2.45) is 0 Å². The minimum Gasteiger partial charge on any atom is -0.459 e. The van der Waals surface area contributed by atoms with Crippen LogP contribution < -0.4 is 0 Å². The predicted molar refractivity (Wildman–Crippen MR) is 49.6 cm³/mol. The van der Waals surface area contributed by atoms with Gasteiger partial charge in [0.05, 0.1) is 12.8 Å². The molecule has 0 aliphatic carbocycles. The highest BCUT2D eigenvalue weighted by atomic mass is 16.6. The Labute approximate surface area is 83.6 Å². The summed E-state index contributed by atoms with van der Waals surface area (Å²) in [7, 11) is 0. The highest BCUT2D eigenvalue weighted by Crippen LogP contribution is 2.15. The SMILES string of the molecule is CCCC1OC(=O)CCC(=O)OC1C. The lowest BCUT2D eigenvalue weighted by Gasteiger charge is -2.25. The van der Waals surface area contributed by atoms with Crippen molar-refractivity contribution in [2.45, 2.75) is 51.7 Å². The molecular formula is C10H16O4. The Morgan fingerprint density at radius 3 is 2.36 bits per heavy atom. The van der Waals surface area contributed by atoms with Crippen LogP contribution in [0, 0.1) is 0 Å². The lowest BCUT2D eigenvalue weighted by Crippen LogP contribution is -2.35. The molecule has 1 saturated heterocycles. The second-order valence-electron chi connectivity index (χ2n) is 3.51. The Morgan fingerprint density at radius 2 is 1.79 bits per heavy atom. The second-order valence-corrected chi connectivity index (χ2v) is 3.51. The van der Waals surface area contributed by atoms with Gasteiger partial charge in [-0.3, -0.25) is 9.59 Å². The van der Waals surface area contributed by atoms with Gasteiger partial charge in [0.15, 0.2) is 0 Å². The van der Waals surface area contributed by atoms with Gasteiger partial charge < -0.3 is 9.47 Å². The Morgan fingerprint density at radius 1 is 1.21 bits per heavy atom. The van der Waals surface area contributed by atoms with Crippen LogP contribution in [0.15, 0.2) is 0 Å². The van der Waals surface area contributed by atoms with E-state index in [1.807, 2.05) is 6.92 Å². The zero-order valence-electron chi connectivity index (χ0n) is 8.62. The van der Waals surface area contributed by atoms with Gasteiger partial charge in [0.1, 0.15) is 12.2 Å². The van der Waals surface area contributed by atoms with Crippen LogP contribution in [-0.4, -0.2) is 24.1 Å². The first-order valence-electron chi connectivity index (χ1n) is 5.02. The normalized spacial score (nSPS) is 28.7. The highest BCUT2D eigenvalue weighted by Gasteiger charge is 2.27. The third-order valence-electron chi connectivity index (χ3n) is 2.23. The largest absolute Gasteiger partial charge is 0.459 e. The Hall–Kier alpha value is -1.06. The van der Waals surface area contributed by atoms with E-state index in [-0.39, 0.29) is 37.0 Å². The molecule has 1 aliphatic rings.